The van der Waals surface area contributed by atoms with Gasteiger partial charge in [0.05, 0.1) is 17.7 Å². The van der Waals surface area contributed by atoms with Gasteiger partial charge in [0.1, 0.15) is 11.7 Å². The Kier molecular flexibility index (Phi) is 5.87. The lowest BCUT2D eigenvalue weighted by Gasteiger charge is -2.24. The first-order valence-corrected chi connectivity index (χ1v) is 8.84. The summed E-state index contributed by atoms with van der Waals surface area (Å²) in [6, 6.07) is 10.7. The maximum absolute atomic E-state index is 12.5. The quantitative estimate of drug-likeness (QED) is 0.409. The molecule has 0 spiro atoms. The molecule has 0 aliphatic carbocycles. The van der Waals surface area contributed by atoms with Crippen molar-refractivity contribution in [2.24, 2.45) is 0 Å². The number of nitrogens with one attached hydrogen (secondary N) is 4. The number of pyridine rings is 1. The molecule has 2 amide bonds. The highest BCUT2D eigenvalue weighted by Crippen LogP contribution is 2.27. The molecule has 0 unspecified atom stereocenters. The number of ether oxygens (including phenoxy) is 1. The van der Waals surface area contributed by atoms with Gasteiger partial charge in [-0.1, -0.05) is 30.3 Å². The number of benzene rings is 1. The molecule has 2 aromatic rings. The van der Waals surface area contributed by atoms with Crippen LogP contribution in [0.5, 0.6) is 0 Å². The lowest BCUT2D eigenvalue weighted by molar-refractivity contribution is 0.0815. The Morgan fingerprint density at radius 3 is 2.78 bits per heavy atom. The van der Waals surface area contributed by atoms with Gasteiger partial charge < -0.3 is 21.1 Å². The van der Waals surface area contributed by atoms with E-state index in [1.807, 2.05) is 30.3 Å². The normalized spacial score (nSPS) is 17.1. The summed E-state index contributed by atoms with van der Waals surface area (Å²) in [6.45, 7) is 0.703. The second-order valence-corrected chi connectivity index (χ2v) is 6.32. The van der Waals surface area contributed by atoms with Crippen LogP contribution in [0.15, 0.2) is 42.6 Å². The molecule has 8 heteroatoms. The van der Waals surface area contributed by atoms with Gasteiger partial charge in [0.2, 0.25) is 0 Å². The van der Waals surface area contributed by atoms with Crippen LogP contribution in [-0.4, -0.2) is 36.6 Å². The predicted molar refractivity (Wildman–Crippen MR) is 105 cm³/mol. The molecule has 1 aliphatic heterocycles. The summed E-state index contributed by atoms with van der Waals surface area (Å²) in [5, 5.41) is 16.2. The van der Waals surface area contributed by atoms with E-state index in [-0.39, 0.29) is 24.0 Å². The van der Waals surface area contributed by atoms with Gasteiger partial charge in [-0.3, -0.25) is 10.7 Å². The first-order chi connectivity index (χ1) is 13.1. The van der Waals surface area contributed by atoms with E-state index >= 15 is 0 Å². The van der Waals surface area contributed by atoms with Crippen LogP contribution in [0.2, 0.25) is 0 Å². The highest BCUT2D eigenvalue weighted by Gasteiger charge is 2.28. The first kappa shape index (κ1) is 18.7. The lowest BCUT2D eigenvalue weighted by atomic mass is 9.99. The Balaban J connectivity index is 1.71. The number of hydrogen-bond donors (Lipinski definition) is 5. The number of carbonyl (C=O) groups excluding carboxylic acids is 1. The van der Waals surface area contributed by atoms with Crippen molar-refractivity contribution in [2.45, 2.75) is 25.0 Å². The summed E-state index contributed by atoms with van der Waals surface area (Å²) < 4.78 is 5.79. The highest BCUT2D eigenvalue weighted by atomic mass is 16.5. The molecule has 0 bridgehead atoms. The summed E-state index contributed by atoms with van der Waals surface area (Å²) in [5.74, 6) is 0.482. The molecule has 0 saturated carbocycles. The van der Waals surface area contributed by atoms with Gasteiger partial charge in [0.15, 0.2) is 0 Å². The number of rotatable bonds is 5. The van der Waals surface area contributed by atoms with Crippen molar-refractivity contribution in [3.8, 4) is 0 Å². The van der Waals surface area contributed by atoms with Crippen molar-refractivity contribution in [1.29, 1.82) is 5.41 Å². The molecule has 1 aromatic heterocycles. The van der Waals surface area contributed by atoms with Crippen LogP contribution in [0, 0.1) is 5.41 Å². The summed E-state index contributed by atoms with van der Waals surface area (Å²) >= 11 is 0. The van der Waals surface area contributed by atoms with Crippen LogP contribution in [0.3, 0.4) is 0 Å². The average Bonchev–Trinajstić information content (AvgIpc) is 3.21. The molecule has 8 nitrogen and oxygen atoms in total. The van der Waals surface area contributed by atoms with Gasteiger partial charge in [-0.2, -0.15) is 0 Å². The number of nitrogens with two attached hydrogens (primary N) is 1. The van der Waals surface area contributed by atoms with Crippen LogP contribution >= 0.6 is 0 Å². The molecular formula is C19H24N6O2. The fourth-order valence-corrected chi connectivity index (χ4v) is 3.09. The number of amidine groups is 1. The van der Waals surface area contributed by atoms with Crippen molar-refractivity contribution in [1.82, 2.24) is 15.6 Å². The Hall–Kier alpha value is -3.13. The maximum atomic E-state index is 12.5. The monoisotopic (exact) mass is 368 g/mol. The smallest absolute Gasteiger partial charge is 0.320 e. The maximum Gasteiger partial charge on any atom is 0.320 e. The molecule has 3 rings (SSSR count). The number of aromatic nitrogens is 1. The van der Waals surface area contributed by atoms with Crippen LogP contribution in [0.25, 0.3) is 0 Å². The molecular weight excluding hydrogens is 344 g/mol. The molecule has 2 heterocycles. The highest BCUT2D eigenvalue weighted by molar-refractivity contribution is 6.01. The average molecular weight is 368 g/mol. The second-order valence-electron chi connectivity index (χ2n) is 6.32. The summed E-state index contributed by atoms with van der Waals surface area (Å²) in [6.07, 6.45) is 3.27. The fourth-order valence-electron chi connectivity index (χ4n) is 3.09. The van der Waals surface area contributed by atoms with Gasteiger partial charge in [0, 0.05) is 31.6 Å². The number of nitrogen functional groups attached to an aromatic ring is 1. The molecule has 27 heavy (non-hydrogen) atoms. The summed E-state index contributed by atoms with van der Waals surface area (Å²) in [7, 11) is 1.64. The third kappa shape index (κ3) is 4.53. The number of nitrogens with zero attached hydrogens (tertiary/aromatic N) is 1. The zero-order valence-electron chi connectivity index (χ0n) is 15.2. The predicted octanol–water partition coefficient (Wildman–Crippen LogP) is 2.25. The Morgan fingerprint density at radius 1 is 1.37 bits per heavy atom. The van der Waals surface area contributed by atoms with Crippen LogP contribution in [0.1, 0.15) is 30.0 Å². The number of urea groups is 1. The van der Waals surface area contributed by atoms with E-state index in [2.05, 4.69) is 20.9 Å². The Labute approximate surface area is 158 Å². The van der Waals surface area contributed by atoms with E-state index in [0.29, 0.717) is 23.7 Å². The third-order valence-corrected chi connectivity index (χ3v) is 4.48. The molecule has 1 aromatic carbocycles. The van der Waals surface area contributed by atoms with Gasteiger partial charge in [-0.05, 0) is 18.4 Å². The zero-order valence-corrected chi connectivity index (χ0v) is 15.2. The van der Waals surface area contributed by atoms with E-state index < -0.39 is 0 Å². The van der Waals surface area contributed by atoms with Gasteiger partial charge in [-0.25, -0.2) is 9.78 Å². The number of anilines is 2. The zero-order chi connectivity index (χ0) is 19.2. The minimum absolute atomic E-state index is 0.0605. The second kappa shape index (κ2) is 8.50. The van der Waals surface area contributed by atoms with Crippen molar-refractivity contribution in [3.05, 3.63) is 53.7 Å². The van der Waals surface area contributed by atoms with Crippen molar-refractivity contribution < 1.29 is 9.53 Å². The molecule has 1 saturated heterocycles. The molecule has 142 valence electrons. The van der Waals surface area contributed by atoms with E-state index in [0.717, 1.165) is 18.4 Å². The van der Waals surface area contributed by atoms with Crippen molar-refractivity contribution in [2.75, 3.05) is 24.7 Å². The SMILES string of the molecule is CNC(=N)c1cnc(NC(=O)N[C@@H](c2ccccc2)[C@@H]2CCCO2)cc1N. The van der Waals surface area contributed by atoms with Crippen LogP contribution in [-0.2, 0) is 4.74 Å². The van der Waals surface area contributed by atoms with E-state index in [4.69, 9.17) is 15.9 Å². The van der Waals surface area contributed by atoms with Gasteiger partial charge >= 0.3 is 6.03 Å². The molecule has 1 fully saturated rings. The van der Waals surface area contributed by atoms with E-state index in [1.54, 1.807) is 7.05 Å². The first-order valence-electron chi connectivity index (χ1n) is 8.84. The Morgan fingerprint density at radius 2 is 2.15 bits per heavy atom. The largest absolute Gasteiger partial charge is 0.398 e. The van der Waals surface area contributed by atoms with E-state index in [9.17, 15) is 4.79 Å². The molecule has 1 aliphatic rings. The van der Waals surface area contributed by atoms with Crippen molar-refractivity contribution >= 4 is 23.4 Å². The van der Waals surface area contributed by atoms with Crippen LogP contribution < -0.4 is 21.7 Å². The molecule has 2 atom stereocenters. The molecule has 0 radical (unpaired) electrons. The topological polar surface area (TPSA) is 125 Å². The van der Waals surface area contributed by atoms with Crippen molar-refractivity contribution in [3.63, 3.8) is 0 Å². The Bertz CT molecular complexity index is 805. The van der Waals surface area contributed by atoms with Gasteiger partial charge in [-0.15, -0.1) is 0 Å². The number of carbonyl (C=O) groups is 1. The van der Waals surface area contributed by atoms with Gasteiger partial charge in [0.25, 0.3) is 0 Å². The summed E-state index contributed by atoms with van der Waals surface area (Å²) in [5.41, 5.74) is 7.78. The van der Waals surface area contributed by atoms with E-state index in [1.165, 1.54) is 12.3 Å². The third-order valence-electron chi connectivity index (χ3n) is 4.48. The molecule has 6 N–H and O–H groups in total. The standard InChI is InChI=1S/C19H24N6O2/c1-22-18(21)13-11-23-16(10-14(13)20)24-19(26)25-17(15-8-5-9-27-15)12-6-3-2-4-7-12/h2-4,6-7,10-11,15,17H,5,8-9H2,1H3,(H2,21,22)(H4,20,23,24,25,26)/t15-,17-/m0/s1. The fraction of sp³-hybridized carbons (Fsp3) is 0.316. The minimum Gasteiger partial charge on any atom is -0.398 e. The summed E-state index contributed by atoms with van der Waals surface area (Å²) in [4.78, 5) is 16.7. The lowest BCUT2D eigenvalue weighted by Crippen LogP contribution is -2.38. The minimum atomic E-state index is -0.386. The van der Waals surface area contributed by atoms with Crippen LogP contribution in [0.4, 0.5) is 16.3 Å². The number of amides is 2. The number of hydrogen-bond acceptors (Lipinski definition) is 5.